The van der Waals surface area contributed by atoms with Crippen LogP contribution in [0.3, 0.4) is 0 Å². The number of aryl methyl sites for hydroxylation is 1. The first-order chi connectivity index (χ1) is 8.85. The van der Waals surface area contributed by atoms with E-state index in [1.165, 1.54) is 0 Å². The number of hydrogen-bond acceptors (Lipinski definition) is 2. The van der Waals surface area contributed by atoms with E-state index in [-0.39, 0.29) is 6.42 Å². The van der Waals surface area contributed by atoms with E-state index in [0.29, 0.717) is 18.4 Å². The number of carbonyl (C=O) groups is 1. The van der Waals surface area contributed by atoms with Crippen molar-refractivity contribution in [3.63, 3.8) is 0 Å². The summed E-state index contributed by atoms with van der Waals surface area (Å²) in [5.41, 5.74) is -0.395. The summed E-state index contributed by atoms with van der Waals surface area (Å²) in [5, 5.41) is 11.6. The number of nitrogens with one attached hydrogen (secondary N) is 1. The first-order valence-corrected chi connectivity index (χ1v) is 5.99. The van der Waals surface area contributed by atoms with Gasteiger partial charge in [0.1, 0.15) is 5.54 Å². The largest absolute Gasteiger partial charge is 0.480 e. The maximum atomic E-state index is 12.4. The van der Waals surface area contributed by atoms with Gasteiger partial charge in [0.05, 0.1) is 6.54 Å². The van der Waals surface area contributed by atoms with Gasteiger partial charge in [-0.1, -0.05) is 24.3 Å². The molecule has 0 fully saturated rings. The fraction of sp³-hybridized carbons (Fsp3) is 0.462. The van der Waals surface area contributed by atoms with Gasteiger partial charge in [-0.05, 0) is 30.4 Å². The van der Waals surface area contributed by atoms with Crippen molar-refractivity contribution >= 4 is 5.97 Å². The van der Waals surface area contributed by atoms with Gasteiger partial charge >= 0.3 is 12.1 Å². The maximum absolute atomic E-state index is 12.4. The van der Waals surface area contributed by atoms with Gasteiger partial charge in [0.15, 0.2) is 0 Å². The van der Waals surface area contributed by atoms with E-state index >= 15 is 0 Å². The predicted octanol–water partition coefficient (Wildman–Crippen LogP) is 2.45. The molecule has 0 aromatic heterocycles. The smallest absolute Gasteiger partial charge is 0.401 e. The Kier molecular flexibility index (Phi) is 3.54. The van der Waals surface area contributed by atoms with E-state index in [4.69, 9.17) is 0 Å². The third-order valence-electron chi connectivity index (χ3n) is 3.43. The molecule has 0 aliphatic heterocycles. The van der Waals surface area contributed by atoms with Crippen LogP contribution in [-0.2, 0) is 16.8 Å². The quantitative estimate of drug-likeness (QED) is 0.889. The highest BCUT2D eigenvalue weighted by Crippen LogP contribution is 2.36. The summed E-state index contributed by atoms with van der Waals surface area (Å²) in [5.74, 6) is -1.26. The average Bonchev–Trinajstić information content (AvgIpc) is 2.35. The Balaban J connectivity index is 2.38. The number of alkyl halides is 3. The van der Waals surface area contributed by atoms with Crippen LogP contribution >= 0.6 is 0 Å². The van der Waals surface area contributed by atoms with Crippen LogP contribution in [0, 0.1) is 0 Å². The van der Waals surface area contributed by atoms with Crippen LogP contribution in [0.4, 0.5) is 13.2 Å². The lowest BCUT2D eigenvalue weighted by atomic mass is 9.76. The Morgan fingerprint density at radius 1 is 1.37 bits per heavy atom. The minimum absolute atomic E-state index is 0.162. The molecule has 0 saturated carbocycles. The predicted molar refractivity (Wildman–Crippen MR) is 62.8 cm³/mol. The SMILES string of the molecule is O=C(O)C1(NCC(F)(F)F)CCCc2ccccc21. The molecule has 3 nitrogen and oxygen atoms in total. The Hall–Kier alpha value is -1.56. The van der Waals surface area contributed by atoms with E-state index in [9.17, 15) is 23.1 Å². The first kappa shape index (κ1) is 13.9. The summed E-state index contributed by atoms with van der Waals surface area (Å²) >= 11 is 0. The Bertz CT molecular complexity index is 487. The first-order valence-electron chi connectivity index (χ1n) is 5.99. The lowest BCUT2D eigenvalue weighted by molar-refractivity contribution is -0.152. The monoisotopic (exact) mass is 273 g/mol. The number of rotatable bonds is 3. The second-order valence-corrected chi connectivity index (χ2v) is 4.69. The molecule has 1 aliphatic rings. The molecule has 1 aromatic carbocycles. The molecule has 19 heavy (non-hydrogen) atoms. The van der Waals surface area contributed by atoms with Crippen molar-refractivity contribution in [3.05, 3.63) is 35.4 Å². The van der Waals surface area contributed by atoms with E-state index in [2.05, 4.69) is 5.32 Å². The van der Waals surface area contributed by atoms with Gasteiger partial charge in [0, 0.05) is 0 Å². The van der Waals surface area contributed by atoms with Crippen LogP contribution in [0.5, 0.6) is 0 Å². The summed E-state index contributed by atoms with van der Waals surface area (Å²) in [6.45, 7) is -1.31. The van der Waals surface area contributed by atoms with Gasteiger partial charge in [-0.3, -0.25) is 5.32 Å². The second-order valence-electron chi connectivity index (χ2n) is 4.69. The second kappa shape index (κ2) is 4.85. The van der Waals surface area contributed by atoms with Crippen LogP contribution in [-0.4, -0.2) is 23.8 Å². The van der Waals surface area contributed by atoms with Gasteiger partial charge in [0.25, 0.3) is 0 Å². The number of benzene rings is 1. The molecule has 1 atom stereocenters. The Morgan fingerprint density at radius 3 is 2.68 bits per heavy atom. The standard InChI is InChI=1S/C13H14F3NO2/c14-13(15,16)8-17-12(11(18)19)7-3-5-9-4-1-2-6-10(9)12/h1-2,4,6,17H,3,5,7-8H2,(H,18,19). The molecule has 0 bridgehead atoms. The lowest BCUT2D eigenvalue weighted by Crippen LogP contribution is -2.53. The highest BCUT2D eigenvalue weighted by molar-refractivity contribution is 5.81. The van der Waals surface area contributed by atoms with Crippen molar-refractivity contribution in [1.29, 1.82) is 0 Å². The Morgan fingerprint density at radius 2 is 2.05 bits per heavy atom. The molecule has 1 aliphatic carbocycles. The topological polar surface area (TPSA) is 49.3 Å². The summed E-state index contributed by atoms with van der Waals surface area (Å²) in [7, 11) is 0. The van der Waals surface area contributed by atoms with Gasteiger partial charge in [-0.25, -0.2) is 4.79 Å². The summed E-state index contributed by atoms with van der Waals surface area (Å²) in [6.07, 6.45) is -3.03. The summed E-state index contributed by atoms with van der Waals surface area (Å²) in [4.78, 5) is 11.5. The van der Waals surface area contributed by atoms with E-state index in [1.54, 1.807) is 24.3 Å². The van der Waals surface area contributed by atoms with E-state index in [1.807, 2.05) is 0 Å². The van der Waals surface area contributed by atoms with Crippen LogP contribution in [0.1, 0.15) is 24.0 Å². The zero-order chi connectivity index (χ0) is 14.1. The number of carboxylic acids is 1. The van der Waals surface area contributed by atoms with Crippen LogP contribution < -0.4 is 5.32 Å². The number of carboxylic acid groups (broad SMARTS) is 1. The average molecular weight is 273 g/mol. The zero-order valence-electron chi connectivity index (χ0n) is 10.1. The highest BCUT2D eigenvalue weighted by atomic mass is 19.4. The molecule has 2 rings (SSSR count). The Labute approximate surface area is 108 Å². The third-order valence-corrected chi connectivity index (χ3v) is 3.43. The van der Waals surface area contributed by atoms with Gasteiger partial charge in [-0.2, -0.15) is 13.2 Å². The molecule has 104 valence electrons. The number of fused-ring (bicyclic) bond motifs is 1. The van der Waals surface area contributed by atoms with Crippen molar-refractivity contribution < 1.29 is 23.1 Å². The summed E-state index contributed by atoms with van der Waals surface area (Å²) in [6, 6.07) is 6.77. The van der Waals surface area contributed by atoms with Gasteiger partial charge < -0.3 is 5.11 Å². The fourth-order valence-electron chi connectivity index (χ4n) is 2.57. The van der Waals surface area contributed by atoms with E-state index in [0.717, 1.165) is 5.56 Å². The molecular weight excluding hydrogens is 259 g/mol. The molecule has 2 N–H and O–H groups in total. The number of aliphatic carboxylic acids is 1. The van der Waals surface area contributed by atoms with Gasteiger partial charge in [0.2, 0.25) is 0 Å². The maximum Gasteiger partial charge on any atom is 0.401 e. The molecular formula is C13H14F3NO2. The minimum atomic E-state index is -4.44. The van der Waals surface area contributed by atoms with Crippen molar-refractivity contribution in [1.82, 2.24) is 5.32 Å². The van der Waals surface area contributed by atoms with Crippen LogP contribution in [0.25, 0.3) is 0 Å². The van der Waals surface area contributed by atoms with Crippen molar-refractivity contribution in [3.8, 4) is 0 Å². The fourth-order valence-corrected chi connectivity index (χ4v) is 2.57. The van der Waals surface area contributed by atoms with Crippen LogP contribution in [0.2, 0.25) is 0 Å². The minimum Gasteiger partial charge on any atom is -0.480 e. The lowest BCUT2D eigenvalue weighted by Gasteiger charge is -2.36. The molecule has 6 heteroatoms. The number of halogens is 3. The molecule has 0 heterocycles. The molecule has 0 radical (unpaired) electrons. The third kappa shape index (κ3) is 2.73. The molecule has 0 saturated heterocycles. The molecule has 1 aromatic rings. The highest BCUT2D eigenvalue weighted by Gasteiger charge is 2.45. The molecule has 0 spiro atoms. The normalized spacial score (nSPS) is 22.9. The van der Waals surface area contributed by atoms with Gasteiger partial charge in [-0.15, -0.1) is 0 Å². The van der Waals surface area contributed by atoms with Crippen molar-refractivity contribution in [2.24, 2.45) is 0 Å². The number of hydrogen-bond donors (Lipinski definition) is 2. The molecule has 1 unspecified atom stereocenters. The van der Waals surface area contributed by atoms with E-state index < -0.39 is 24.2 Å². The van der Waals surface area contributed by atoms with Crippen molar-refractivity contribution in [2.45, 2.75) is 31.0 Å². The van der Waals surface area contributed by atoms with Crippen LogP contribution in [0.15, 0.2) is 24.3 Å². The van der Waals surface area contributed by atoms with Crippen molar-refractivity contribution in [2.75, 3.05) is 6.54 Å². The summed E-state index contributed by atoms with van der Waals surface area (Å²) < 4.78 is 37.1. The zero-order valence-corrected chi connectivity index (χ0v) is 10.1. The molecule has 0 amide bonds.